The van der Waals surface area contributed by atoms with Crippen LogP contribution in [-0.2, 0) is 9.59 Å². The number of rotatable bonds is 6. The van der Waals surface area contributed by atoms with Gasteiger partial charge in [-0.2, -0.15) is 0 Å². The van der Waals surface area contributed by atoms with Gasteiger partial charge in [0.05, 0.1) is 11.4 Å². The van der Waals surface area contributed by atoms with Crippen LogP contribution in [0.1, 0.15) is 38.2 Å². The highest BCUT2D eigenvalue weighted by atomic mass is 32.2. The molecule has 1 heterocycles. The molecule has 1 aliphatic rings. The molecule has 1 aliphatic heterocycles. The van der Waals surface area contributed by atoms with Crippen LogP contribution in [0.3, 0.4) is 0 Å². The van der Waals surface area contributed by atoms with Crippen molar-refractivity contribution in [1.29, 1.82) is 0 Å². The quantitative estimate of drug-likeness (QED) is 0.806. The highest BCUT2D eigenvalue weighted by Crippen LogP contribution is 2.35. The lowest BCUT2D eigenvalue weighted by molar-refractivity contribution is -0.117. The molecule has 0 bridgehead atoms. The second-order valence-corrected chi connectivity index (χ2v) is 7.51. The monoisotopic (exact) mass is 368 g/mol. The molecule has 0 unspecified atom stereocenters. The summed E-state index contributed by atoms with van der Waals surface area (Å²) in [7, 11) is 0. The lowest BCUT2D eigenvalue weighted by atomic mass is 9.97. The maximum atomic E-state index is 12.5. The van der Waals surface area contributed by atoms with Crippen molar-refractivity contribution in [3.63, 3.8) is 0 Å². The fourth-order valence-corrected chi connectivity index (χ4v) is 4.02. The lowest BCUT2D eigenvalue weighted by Gasteiger charge is -2.28. The summed E-state index contributed by atoms with van der Waals surface area (Å²) in [6, 6.07) is 15.8. The number of carbonyl (C=O) groups excluding carboxylic acids is 2. The zero-order valence-electron chi connectivity index (χ0n) is 15.2. The minimum Gasteiger partial charge on any atom is -0.326 e. The van der Waals surface area contributed by atoms with Gasteiger partial charge in [-0.25, -0.2) is 0 Å². The van der Waals surface area contributed by atoms with Crippen LogP contribution in [0.5, 0.6) is 0 Å². The third-order valence-electron chi connectivity index (χ3n) is 4.75. The molecular weight excluding hydrogens is 344 g/mol. The summed E-state index contributed by atoms with van der Waals surface area (Å²) in [6.45, 7) is 4.69. The number of hydrogen-bond donors (Lipinski definition) is 1. The fourth-order valence-electron chi connectivity index (χ4n) is 3.09. The number of nitrogens with zero attached hydrogens (tertiary/aromatic N) is 1. The zero-order chi connectivity index (χ0) is 18.5. The molecule has 2 amide bonds. The van der Waals surface area contributed by atoms with Crippen LogP contribution in [0.25, 0.3) is 0 Å². The van der Waals surface area contributed by atoms with Crippen molar-refractivity contribution in [2.45, 2.75) is 37.5 Å². The Hall–Kier alpha value is -2.27. The van der Waals surface area contributed by atoms with E-state index in [2.05, 4.69) is 25.2 Å². The maximum Gasteiger partial charge on any atom is 0.237 e. The van der Waals surface area contributed by atoms with Gasteiger partial charge < -0.3 is 10.2 Å². The number of anilines is 2. The molecule has 0 radical (unpaired) electrons. The third kappa shape index (κ3) is 4.10. The average molecular weight is 369 g/mol. The van der Waals surface area contributed by atoms with E-state index in [1.807, 2.05) is 42.5 Å². The van der Waals surface area contributed by atoms with Gasteiger partial charge in [0.25, 0.3) is 0 Å². The second kappa shape index (κ2) is 8.41. The first kappa shape index (κ1) is 18.5. The molecule has 0 saturated heterocycles. The molecule has 0 spiro atoms. The molecule has 3 rings (SSSR count). The Morgan fingerprint density at radius 3 is 2.73 bits per heavy atom. The van der Waals surface area contributed by atoms with Crippen LogP contribution in [0.15, 0.2) is 53.4 Å². The van der Waals surface area contributed by atoms with Gasteiger partial charge in [-0.3, -0.25) is 9.59 Å². The summed E-state index contributed by atoms with van der Waals surface area (Å²) in [6.07, 6.45) is 1.29. The Labute approximate surface area is 159 Å². The summed E-state index contributed by atoms with van der Waals surface area (Å²) in [5.74, 6) is 0.806. The van der Waals surface area contributed by atoms with Crippen LogP contribution in [-0.4, -0.2) is 24.1 Å². The number of fused-ring (bicyclic) bond motifs is 1. The fraction of sp³-hybridized carbons (Fsp3) is 0.333. The molecule has 0 fully saturated rings. The van der Waals surface area contributed by atoms with Crippen molar-refractivity contribution in [2.75, 3.05) is 22.5 Å². The van der Waals surface area contributed by atoms with Gasteiger partial charge in [-0.15, -0.1) is 11.8 Å². The Morgan fingerprint density at radius 1 is 1.19 bits per heavy atom. The van der Waals surface area contributed by atoms with E-state index in [0.717, 1.165) is 28.3 Å². The minimum atomic E-state index is -0.0655. The molecule has 5 heteroatoms. The molecule has 0 saturated carbocycles. The first-order chi connectivity index (χ1) is 12.6. The minimum absolute atomic E-state index is 0.0569. The highest BCUT2D eigenvalue weighted by molar-refractivity contribution is 8.00. The first-order valence-electron chi connectivity index (χ1n) is 9.01. The van der Waals surface area contributed by atoms with Gasteiger partial charge in [0.2, 0.25) is 11.8 Å². The topological polar surface area (TPSA) is 49.4 Å². The summed E-state index contributed by atoms with van der Waals surface area (Å²) in [4.78, 5) is 27.6. The summed E-state index contributed by atoms with van der Waals surface area (Å²) < 4.78 is 0. The number of nitrogens with one attached hydrogen (secondary N) is 1. The summed E-state index contributed by atoms with van der Waals surface area (Å²) in [5, 5.41) is 3.02. The van der Waals surface area contributed by atoms with E-state index < -0.39 is 0 Å². The second-order valence-electron chi connectivity index (χ2n) is 6.50. The maximum absolute atomic E-state index is 12.5. The number of benzene rings is 2. The van der Waals surface area contributed by atoms with E-state index in [4.69, 9.17) is 0 Å². The Balaban J connectivity index is 1.66. The smallest absolute Gasteiger partial charge is 0.237 e. The van der Waals surface area contributed by atoms with Crippen LogP contribution in [0.4, 0.5) is 11.4 Å². The van der Waals surface area contributed by atoms with Crippen LogP contribution < -0.4 is 10.2 Å². The normalized spacial score (nSPS) is 14.7. The number of amides is 2. The van der Waals surface area contributed by atoms with E-state index in [-0.39, 0.29) is 18.2 Å². The SMILES string of the molecule is CC[C@@H](C)c1ccccc1NC(=O)CCN1C(=O)CSc2ccccc21. The molecule has 2 aromatic carbocycles. The van der Waals surface area contributed by atoms with Gasteiger partial charge in [0, 0.05) is 23.5 Å². The van der Waals surface area contributed by atoms with Crippen LogP contribution >= 0.6 is 11.8 Å². The van der Waals surface area contributed by atoms with Crippen LogP contribution in [0.2, 0.25) is 0 Å². The highest BCUT2D eigenvalue weighted by Gasteiger charge is 2.24. The average Bonchev–Trinajstić information content (AvgIpc) is 2.67. The Morgan fingerprint density at radius 2 is 1.92 bits per heavy atom. The molecular formula is C21H24N2O2S. The van der Waals surface area contributed by atoms with Crippen molar-refractivity contribution in [3.8, 4) is 0 Å². The predicted octanol–water partition coefficient (Wildman–Crippen LogP) is 4.67. The van der Waals surface area contributed by atoms with Crippen LogP contribution in [0, 0.1) is 0 Å². The number of para-hydroxylation sites is 2. The number of carbonyl (C=O) groups is 2. The lowest BCUT2D eigenvalue weighted by Crippen LogP contribution is -2.37. The van der Waals surface area contributed by atoms with E-state index in [0.29, 0.717) is 18.2 Å². The van der Waals surface area contributed by atoms with Crippen molar-refractivity contribution < 1.29 is 9.59 Å². The molecule has 2 aromatic rings. The molecule has 0 aliphatic carbocycles. The van der Waals surface area contributed by atoms with E-state index >= 15 is 0 Å². The summed E-state index contributed by atoms with van der Waals surface area (Å²) in [5.41, 5.74) is 2.92. The van der Waals surface area contributed by atoms with Gasteiger partial charge in [-0.05, 0) is 36.1 Å². The van der Waals surface area contributed by atoms with Crippen molar-refractivity contribution >= 4 is 35.0 Å². The van der Waals surface area contributed by atoms with E-state index in [9.17, 15) is 9.59 Å². The molecule has 0 aromatic heterocycles. The first-order valence-corrected chi connectivity index (χ1v) is 9.99. The number of hydrogen-bond acceptors (Lipinski definition) is 3. The Bertz CT molecular complexity index is 806. The van der Waals surface area contributed by atoms with Crippen molar-refractivity contribution in [3.05, 3.63) is 54.1 Å². The van der Waals surface area contributed by atoms with Crippen molar-refractivity contribution in [1.82, 2.24) is 0 Å². The molecule has 26 heavy (non-hydrogen) atoms. The number of thioether (sulfide) groups is 1. The molecule has 4 nitrogen and oxygen atoms in total. The van der Waals surface area contributed by atoms with E-state index in [1.165, 1.54) is 0 Å². The third-order valence-corrected chi connectivity index (χ3v) is 5.80. The Kier molecular flexibility index (Phi) is 5.99. The summed E-state index contributed by atoms with van der Waals surface area (Å²) >= 11 is 1.55. The largest absolute Gasteiger partial charge is 0.326 e. The zero-order valence-corrected chi connectivity index (χ0v) is 16.0. The predicted molar refractivity (Wildman–Crippen MR) is 108 cm³/mol. The standard InChI is InChI=1S/C21H24N2O2S/c1-3-15(2)16-8-4-5-9-17(16)22-20(24)12-13-23-18-10-6-7-11-19(18)26-14-21(23)25/h4-11,15H,3,12-14H2,1-2H3,(H,22,24)/t15-/m1/s1. The molecule has 136 valence electrons. The van der Waals surface area contributed by atoms with E-state index in [1.54, 1.807) is 16.7 Å². The van der Waals surface area contributed by atoms with Gasteiger partial charge in [-0.1, -0.05) is 44.2 Å². The van der Waals surface area contributed by atoms with Gasteiger partial charge >= 0.3 is 0 Å². The van der Waals surface area contributed by atoms with Gasteiger partial charge in [0.15, 0.2) is 0 Å². The molecule has 1 N–H and O–H groups in total. The van der Waals surface area contributed by atoms with Gasteiger partial charge in [0.1, 0.15) is 0 Å². The molecule has 1 atom stereocenters. The van der Waals surface area contributed by atoms with Crippen molar-refractivity contribution in [2.24, 2.45) is 0 Å².